The minimum atomic E-state index is -0.617. The Morgan fingerprint density at radius 1 is 1.30 bits per heavy atom. The molecule has 20 heavy (non-hydrogen) atoms. The van der Waals surface area contributed by atoms with Gasteiger partial charge in [-0.3, -0.25) is 4.79 Å². The molecule has 0 aliphatic carbocycles. The number of benzene rings is 1. The molecule has 0 saturated carbocycles. The molecule has 0 radical (unpaired) electrons. The van der Waals surface area contributed by atoms with Crippen molar-refractivity contribution in [2.24, 2.45) is 0 Å². The minimum absolute atomic E-state index is 0.265. The van der Waals surface area contributed by atoms with Crippen LogP contribution in [-0.2, 0) is 4.79 Å². The van der Waals surface area contributed by atoms with E-state index in [0.29, 0.717) is 17.3 Å². The van der Waals surface area contributed by atoms with Crippen LogP contribution >= 0.6 is 0 Å². The zero-order valence-corrected chi connectivity index (χ0v) is 12.1. The Hall–Kier alpha value is -2.30. The van der Waals surface area contributed by atoms with Crippen molar-refractivity contribution in [2.45, 2.75) is 33.8 Å². The summed E-state index contributed by atoms with van der Waals surface area (Å²) in [6.45, 7) is 7.42. The molecule has 5 heteroatoms. The molecule has 1 heterocycles. The van der Waals surface area contributed by atoms with Gasteiger partial charge in [0.25, 0.3) is 5.91 Å². The number of nitrogens with zero attached hydrogens (tertiary/aromatic N) is 1. The highest BCUT2D eigenvalue weighted by Crippen LogP contribution is 2.20. The summed E-state index contributed by atoms with van der Waals surface area (Å²) in [7, 11) is 0. The molecule has 1 amide bonds. The second-order valence-corrected chi connectivity index (χ2v) is 4.84. The van der Waals surface area contributed by atoms with E-state index in [1.807, 2.05) is 32.0 Å². The lowest BCUT2D eigenvalue weighted by Gasteiger charge is -2.15. The summed E-state index contributed by atoms with van der Waals surface area (Å²) in [5.74, 6) is 1.47. The molecule has 1 aromatic heterocycles. The average Bonchev–Trinajstić information content (AvgIpc) is 2.78. The van der Waals surface area contributed by atoms with Crippen molar-refractivity contribution >= 4 is 11.7 Å². The first-order valence-corrected chi connectivity index (χ1v) is 6.44. The number of carbonyl (C=O) groups is 1. The third kappa shape index (κ3) is 3.38. The van der Waals surface area contributed by atoms with Gasteiger partial charge in [-0.05, 0) is 39.3 Å². The molecule has 0 spiro atoms. The molecule has 1 N–H and O–H groups in total. The van der Waals surface area contributed by atoms with Gasteiger partial charge in [-0.1, -0.05) is 22.9 Å². The fourth-order valence-electron chi connectivity index (χ4n) is 1.83. The van der Waals surface area contributed by atoms with Crippen LogP contribution in [-0.4, -0.2) is 17.2 Å². The average molecular weight is 274 g/mol. The number of hydrogen-bond donors (Lipinski definition) is 1. The molecule has 0 fully saturated rings. The number of rotatable bonds is 4. The molecule has 0 aliphatic rings. The highest BCUT2D eigenvalue weighted by Gasteiger charge is 2.17. The number of amides is 1. The fourth-order valence-corrected chi connectivity index (χ4v) is 1.83. The standard InChI is InChI=1S/C15H18N2O3/c1-9-5-6-13(10(2)7-9)19-12(4)15(18)16-14-8-11(3)20-17-14/h5-8,12H,1-4H3,(H,16,17,18)/t12-/m1/s1. The van der Waals surface area contributed by atoms with Crippen molar-refractivity contribution in [2.75, 3.05) is 5.32 Å². The molecule has 0 saturated heterocycles. The monoisotopic (exact) mass is 274 g/mol. The molecule has 5 nitrogen and oxygen atoms in total. The number of carbonyl (C=O) groups excluding carboxylic acids is 1. The summed E-state index contributed by atoms with van der Waals surface area (Å²) in [6.07, 6.45) is -0.617. The summed E-state index contributed by atoms with van der Waals surface area (Å²) in [4.78, 5) is 12.0. The molecule has 0 aliphatic heterocycles. The van der Waals surface area contributed by atoms with Gasteiger partial charge in [0, 0.05) is 6.07 Å². The maximum atomic E-state index is 12.0. The van der Waals surface area contributed by atoms with Gasteiger partial charge in [0.1, 0.15) is 11.5 Å². The molecular weight excluding hydrogens is 256 g/mol. The van der Waals surface area contributed by atoms with Crippen LogP contribution in [0.3, 0.4) is 0 Å². The Kier molecular flexibility index (Phi) is 4.08. The first-order chi connectivity index (χ1) is 9.45. The van der Waals surface area contributed by atoms with E-state index in [4.69, 9.17) is 9.26 Å². The van der Waals surface area contributed by atoms with Gasteiger partial charge in [0.15, 0.2) is 11.9 Å². The van der Waals surface area contributed by atoms with Crippen molar-refractivity contribution in [3.63, 3.8) is 0 Å². The van der Waals surface area contributed by atoms with Crippen LogP contribution in [0.1, 0.15) is 23.8 Å². The topological polar surface area (TPSA) is 64.4 Å². The summed E-state index contributed by atoms with van der Waals surface area (Å²) < 4.78 is 10.6. The maximum Gasteiger partial charge on any atom is 0.266 e. The Labute approximate surface area is 117 Å². The van der Waals surface area contributed by atoms with Crippen molar-refractivity contribution in [1.82, 2.24) is 5.16 Å². The lowest BCUT2D eigenvalue weighted by Crippen LogP contribution is -2.30. The summed E-state index contributed by atoms with van der Waals surface area (Å²) >= 11 is 0. The van der Waals surface area contributed by atoms with Crippen LogP contribution in [0.4, 0.5) is 5.82 Å². The van der Waals surface area contributed by atoms with Crippen LogP contribution in [0.25, 0.3) is 0 Å². The second kappa shape index (κ2) is 5.77. The number of aryl methyl sites for hydroxylation is 3. The molecule has 1 atom stereocenters. The highest BCUT2D eigenvalue weighted by molar-refractivity contribution is 5.93. The van der Waals surface area contributed by atoms with E-state index < -0.39 is 6.10 Å². The van der Waals surface area contributed by atoms with Crippen molar-refractivity contribution in [3.8, 4) is 5.75 Å². The molecule has 1 aromatic carbocycles. The second-order valence-electron chi connectivity index (χ2n) is 4.84. The lowest BCUT2D eigenvalue weighted by atomic mass is 10.1. The van der Waals surface area contributed by atoms with Gasteiger partial charge in [-0.2, -0.15) is 0 Å². The smallest absolute Gasteiger partial charge is 0.266 e. The SMILES string of the molecule is Cc1ccc(O[C@H](C)C(=O)Nc2cc(C)on2)c(C)c1. The number of nitrogens with one attached hydrogen (secondary N) is 1. The van der Waals surface area contributed by atoms with Gasteiger partial charge in [0.2, 0.25) is 0 Å². The lowest BCUT2D eigenvalue weighted by molar-refractivity contribution is -0.122. The first-order valence-electron chi connectivity index (χ1n) is 6.44. The van der Waals surface area contributed by atoms with Gasteiger partial charge in [-0.15, -0.1) is 0 Å². The summed E-state index contributed by atoms with van der Waals surface area (Å²) in [5.41, 5.74) is 2.16. The van der Waals surface area contributed by atoms with E-state index in [2.05, 4.69) is 10.5 Å². The Balaban J connectivity index is 2.00. The Morgan fingerprint density at radius 2 is 2.05 bits per heavy atom. The number of aromatic nitrogens is 1. The molecule has 2 rings (SSSR count). The Morgan fingerprint density at radius 3 is 2.65 bits per heavy atom. The van der Waals surface area contributed by atoms with E-state index in [1.54, 1.807) is 19.9 Å². The first kappa shape index (κ1) is 14.1. The summed E-state index contributed by atoms with van der Waals surface area (Å²) in [6, 6.07) is 7.49. The third-order valence-electron chi connectivity index (χ3n) is 2.88. The highest BCUT2D eigenvalue weighted by atomic mass is 16.5. The quantitative estimate of drug-likeness (QED) is 0.930. The van der Waals surface area contributed by atoms with Gasteiger partial charge >= 0.3 is 0 Å². The van der Waals surface area contributed by atoms with Gasteiger partial charge in [-0.25, -0.2) is 0 Å². The van der Waals surface area contributed by atoms with Crippen molar-refractivity contribution in [3.05, 3.63) is 41.2 Å². The van der Waals surface area contributed by atoms with Gasteiger partial charge < -0.3 is 14.6 Å². The van der Waals surface area contributed by atoms with Crippen LogP contribution in [0.5, 0.6) is 5.75 Å². The van der Waals surface area contributed by atoms with E-state index in [9.17, 15) is 4.79 Å². The zero-order chi connectivity index (χ0) is 14.7. The van der Waals surface area contributed by atoms with Crippen LogP contribution in [0, 0.1) is 20.8 Å². The Bertz CT molecular complexity index is 619. The molecule has 0 bridgehead atoms. The molecule has 0 unspecified atom stereocenters. The molecule has 106 valence electrons. The normalized spacial score (nSPS) is 12.0. The predicted octanol–water partition coefficient (Wildman–Crippen LogP) is 3.01. The third-order valence-corrected chi connectivity index (χ3v) is 2.88. The maximum absolute atomic E-state index is 12.0. The largest absolute Gasteiger partial charge is 0.481 e. The fraction of sp³-hybridized carbons (Fsp3) is 0.333. The summed E-state index contributed by atoms with van der Waals surface area (Å²) in [5, 5.41) is 6.36. The van der Waals surface area contributed by atoms with E-state index in [0.717, 1.165) is 11.1 Å². The van der Waals surface area contributed by atoms with E-state index >= 15 is 0 Å². The molecule has 2 aromatic rings. The van der Waals surface area contributed by atoms with Crippen molar-refractivity contribution in [1.29, 1.82) is 0 Å². The van der Waals surface area contributed by atoms with Crippen LogP contribution < -0.4 is 10.1 Å². The minimum Gasteiger partial charge on any atom is -0.481 e. The van der Waals surface area contributed by atoms with E-state index in [1.165, 1.54) is 0 Å². The molecular formula is C15H18N2O3. The van der Waals surface area contributed by atoms with E-state index in [-0.39, 0.29) is 5.91 Å². The van der Waals surface area contributed by atoms with Crippen LogP contribution in [0.2, 0.25) is 0 Å². The van der Waals surface area contributed by atoms with Gasteiger partial charge in [0.05, 0.1) is 0 Å². The number of anilines is 1. The predicted molar refractivity (Wildman–Crippen MR) is 75.9 cm³/mol. The van der Waals surface area contributed by atoms with Crippen molar-refractivity contribution < 1.29 is 14.1 Å². The number of ether oxygens (including phenoxy) is 1. The van der Waals surface area contributed by atoms with Crippen LogP contribution in [0.15, 0.2) is 28.8 Å². The number of hydrogen-bond acceptors (Lipinski definition) is 4. The zero-order valence-electron chi connectivity index (χ0n) is 12.1.